The molecule has 4 nitrogen and oxygen atoms in total. The number of carbonyl (C=O) groups is 2. The fourth-order valence-electron chi connectivity index (χ4n) is 8.21. The Kier molecular flexibility index (Phi) is 4.85. The molecule has 2 unspecified atom stereocenters. The maximum absolute atomic E-state index is 14.1. The minimum Gasteiger partial charge on any atom is -0.367 e. The zero-order valence-electron chi connectivity index (χ0n) is 19.4. The molecule has 1 aromatic carbocycles. The first-order valence-electron chi connectivity index (χ1n) is 12.2. The van der Waals surface area contributed by atoms with Gasteiger partial charge in [-0.25, -0.2) is 4.39 Å². The Morgan fingerprint density at radius 1 is 1.16 bits per heavy atom. The van der Waals surface area contributed by atoms with E-state index in [9.17, 15) is 14.0 Å². The van der Waals surface area contributed by atoms with Crippen molar-refractivity contribution in [3.8, 4) is 0 Å². The van der Waals surface area contributed by atoms with Crippen LogP contribution in [-0.4, -0.2) is 22.8 Å². The van der Waals surface area contributed by atoms with Gasteiger partial charge >= 0.3 is 0 Å². The minimum absolute atomic E-state index is 0.132. The summed E-state index contributed by atoms with van der Waals surface area (Å²) in [6.45, 7) is 6.44. The summed E-state index contributed by atoms with van der Waals surface area (Å²) in [4.78, 5) is 27.9. The summed E-state index contributed by atoms with van der Waals surface area (Å²) in [5.41, 5.74) is 5.23. The van der Waals surface area contributed by atoms with Gasteiger partial charge in [0.1, 0.15) is 11.4 Å². The molecule has 5 rings (SSSR count). The van der Waals surface area contributed by atoms with Crippen LogP contribution in [0.3, 0.4) is 0 Å². The first-order valence-corrected chi connectivity index (χ1v) is 12.2. The van der Waals surface area contributed by atoms with Crippen molar-refractivity contribution in [1.82, 2.24) is 4.90 Å². The third-order valence-corrected chi connectivity index (χ3v) is 9.99. The number of hydrogen-bond donors (Lipinski definition) is 1. The molecule has 2 amide bonds. The maximum Gasteiger partial charge on any atom is 0.247 e. The fourth-order valence-corrected chi connectivity index (χ4v) is 8.21. The lowest BCUT2D eigenvalue weighted by Gasteiger charge is -2.62. The molecule has 3 aliphatic carbocycles. The summed E-state index contributed by atoms with van der Waals surface area (Å²) in [7, 11) is 0. The van der Waals surface area contributed by atoms with Crippen molar-refractivity contribution in [2.75, 3.05) is 0 Å². The molecule has 0 saturated heterocycles. The monoisotopic (exact) mass is 438 g/mol. The van der Waals surface area contributed by atoms with Gasteiger partial charge in [-0.1, -0.05) is 38.5 Å². The van der Waals surface area contributed by atoms with Crippen LogP contribution in [0.1, 0.15) is 71.3 Å². The number of hydrogen-bond acceptors (Lipinski definition) is 2. The zero-order valence-corrected chi connectivity index (χ0v) is 19.4. The summed E-state index contributed by atoms with van der Waals surface area (Å²) in [6.07, 6.45) is 12.0. The van der Waals surface area contributed by atoms with E-state index in [1.54, 1.807) is 30.0 Å². The lowest BCUT2D eigenvalue weighted by Crippen LogP contribution is -2.67. The molecule has 0 spiro atoms. The molecule has 7 atom stereocenters. The van der Waals surface area contributed by atoms with E-state index in [-0.39, 0.29) is 17.4 Å². The van der Waals surface area contributed by atoms with Gasteiger partial charge in [-0.3, -0.25) is 9.59 Å². The fraction of sp³-hybridized carbons (Fsp3) is 0.630. The Hall–Kier alpha value is -2.17. The van der Waals surface area contributed by atoms with Crippen LogP contribution in [0.25, 0.3) is 0 Å². The highest BCUT2D eigenvalue weighted by Crippen LogP contribution is 2.64. The Bertz CT molecular complexity index is 992. The summed E-state index contributed by atoms with van der Waals surface area (Å²) >= 11 is 0. The normalized spacial score (nSPS) is 40.2. The topological polar surface area (TPSA) is 63.4 Å². The minimum atomic E-state index is -1.40. The van der Waals surface area contributed by atoms with Crippen molar-refractivity contribution < 1.29 is 14.0 Å². The Morgan fingerprint density at radius 2 is 1.94 bits per heavy atom. The second-order valence-electron chi connectivity index (χ2n) is 11.4. The predicted octanol–water partition coefficient (Wildman–Crippen LogP) is 4.93. The molecule has 2 N–H and O–H groups in total. The molecule has 0 radical (unpaired) electrons. The molecule has 3 fully saturated rings. The molecule has 3 saturated carbocycles. The molecular weight excluding hydrogens is 403 g/mol. The van der Waals surface area contributed by atoms with Crippen LogP contribution >= 0.6 is 0 Å². The van der Waals surface area contributed by atoms with Crippen molar-refractivity contribution in [1.29, 1.82) is 0 Å². The third kappa shape index (κ3) is 2.85. The molecule has 1 aliphatic heterocycles. The molecule has 0 bridgehead atoms. The lowest BCUT2D eigenvalue weighted by molar-refractivity contribution is -0.160. The average molecular weight is 439 g/mol. The Labute approximate surface area is 190 Å². The van der Waals surface area contributed by atoms with Crippen LogP contribution in [0.5, 0.6) is 0 Å². The van der Waals surface area contributed by atoms with Gasteiger partial charge in [-0.2, -0.15) is 0 Å². The largest absolute Gasteiger partial charge is 0.367 e. The number of rotatable bonds is 3. The van der Waals surface area contributed by atoms with Gasteiger partial charge in [0.2, 0.25) is 11.8 Å². The van der Waals surface area contributed by atoms with Gasteiger partial charge in [-0.05, 0) is 92.4 Å². The van der Waals surface area contributed by atoms with E-state index in [2.05, 4.69) is 19.9 Å². The van der Waals surface area contributed by atoms with E-state index in [1.165, 1.54) is 37.8 Å². The molecule has 172 valence electrons. The first-order chi connectivity index (χ1) is 15.1. The number of benzene rings is 1. The van der Waals surface area contributed by atoms with E-state index >= 15 is 0 Å². The van der Waals surface area contributed by atoms with Crippen LogP contribution in [-0.2, 0) is 15.1 Å². The number of carbonyl (C=O) groups excluding carboxylic acids is 2. The third-order valence-electron chi connectivity index (χ3n) is 9.99. The molecule has 1 aromatic rings. The zero-order chi connectivity index (χ0) is 22.9. The smallest absolute Gasteiger partial charge is 0.247 e. The quantitative estimate of drug-likeness (QED) is 0.728. The van der Waals surface area contributed by atoms with Crippen molar-refractivity contribution >= 4 is 11.8 Å². The van der Waals surface area contributed by atoms with Crippen molar-refractivity contribution in [2.24, 2.45) is 34.3 Å². The van der Waals surface area contributed by atoms with E-state index in [4.69, 9.17) is 5.73 Å². The average Bonchev–Trinajstić information content (AvgIpc) is 3.15. The van der Waals surface area contributed by atoms with Gasteiger partial charge in [0.25, 0.3) is 0 Å². The van der Waals surface area contributed by atoms with Gasteiger partial charge in [0, 0.05) is 11.5 Å². The van der Waals surface area contributed by atoms with Crippen molar-refractivity contribution in [3.05, 3.63) is 47.8 Å². The standard InChI is InChI=1S/C27H35FN2O2/c1-25-13-5-8-20(25)19-9-10-22-26(2,21(19)11-14-25)15-12-23(31)30(22)27(3,24(29)32)17-6-4-7-18(28)16-17/h4,6-7,12,15-16,19-22H,5,8-11,13-14H2,1-3H3,(H2,29,32)/t19-,20-,21+,22?,25-,26+,27?/m0/s1. The highest BCUT2D eigenvalue weighted by molar-refractivity contribution is 5.96. The van der Waals surface area contributed by atoms with Gasteiger partial charge in [0.15, 0.2) is 0 Å². The Morgan fingerprint density at radius 3 is 2.66 bits per heavy atom. The molecule has 5 heteroatoms. The van der Waals surface area contributed by atoms with E-state index in [0.717, 1.165) is 25.2 Å². The van der Waals surface area contributed by atoms with Crippen molar-refractivity contribution in [3.63, 3.8) is 0 Å². The molecule has 4 aliphatic rings. The van der Waals surface area contributed by atoms with Crippen LogP contribution in [0, 0.1) is 34.4 Å². The number of nitrogens with zero attached hydrogens (tertiary/aromatic N) is 1. The predicted molar refractivity (Wildman–Crippen MR) is 122 cm³/mol. The summed E-state index contributed by atoms with van der Waals surface area (Å²) in [5, 5.41) is 0. The number of halogens is 1. The highest BCUT2D eigenvalue weighted by Gasteiger charge is 2.61. The summed E-state index contributed by atoms with van der Waals surface area (Å²) < 4.78 is 14.1. The number of primary amides is 1. The van der Waals surface area contributed by atoms with Crippen LogP contribution in [0.4, 0.5) is 4.39 Å². The van der Waals surface area contributed by atoms with Crippen LogP contribution in [0.15, 0.2) is 36.4 Å². The highest BCUT2D eigenvalue weighted by atomic mass is 19.1. The molecular formula is C27H35FN2O2. The maximum atomic E-state index is 14.1. The van der Waals surface area contributed by atoms with Gasteiger partial charge in [0.05, 0.1) is 0 Å². The van der Waals surface area contributed by atoms with E-state index < -0.39 is 17.3 Å². The second kappa shape index (κ2) is 7.16. The number of amides is 2. The molecule has 0 aromatic heterocycles. The first kappa shape index (κ1) is 21.7. The molecule has 32 heavy (non-hydrogen) atoms. The number of fused-ring (bicyclic) bond motifs is 5. The van der Waals surface area contributed by atoms with Crippen molar-refractivity contribution in [2.45, 2.75) is 77.3 Å². The van der Waals surface area contributed by atoms with Crippen LogP contribution < -0.4 is 5.73 Å². The van der Waals surface area contributed by atoms with Gasteiger partial charge < -0.3 is 10.6 Å². The summed E-state index contributed by atoms with van der Waals surface area (Å²) in [5.74, 6) is 0.625. The van der Waals surface area contributed by atoms with E-state index in [0.29, 0.717) is 22.8 Å². The second-order valence-corrected chi connectivity index (χ2v) is 11.4. The molecule has 1 heterocycles. The SMILES string of the molecule is CC(C(N)=O)(c1cccc(F)c1)N1C(=O)C=C[C@@]2(C)C1CC[C@@H]1[C@H]2CC[C@]2(C)CCC[C@@H]12. The Balaban J connectivity index is 1.58. The van der Waals surface area contributed by atoms with E-state index in [1.807, 2.05) is 0 Å². The lowest BCUT2D eigenvalue weighted by atomic mass is 9.48. The van der Waals surface area contributed by atoms with Crippen LogP contribution in [0.2, 0.25) is 0 Å². The summed E-state index contributed by atoms with van der Waals surface area (Å²) in [6, 6.07) is 5.83. The van der Waals surface area contributed by atoms with Gasteiger partial charge in [-0.15, -0.1) is 0 Å². The number of nitrogens with two attached hydrogens (primary N) is 1.